The van der Waals surface area contributed by atoms with Crippen molar-refractivity contribution in [3.63, 3.8) is 0 Å². The van der Waals surface area contributed by atoms with Crippen molar-refractivity contribution in [2.45, 2.75) is 80.7 Å². The molecular weight excluding hydrogens is 613 g/mol. The maximum Gasteiger partial charge on any atom is 0.319 e. The number of aromatic nitrogens is 4. The van der Waals surface area contributed by atoms with Crippen LogP contribution in [0.15, 0.2) is 84.0 Å². The van der Waals surface area contributed by atoms with E-state index in [9.17, 15) is 9.90 Å². The van der Waals surface area contributed by atoms with E-state index in [2.05, 4.69) is 26.2 Å². The van der Waals surface area contributed by atoms with Crippen molar-refractivity contribution >= 4 is 23.5 Å². The molecule has 1 saturated heterocycles. The number of carbonyl (C=O) groups is 1. The zero-order valence-corrected chi connectivity index (χ0v) is 27.0. The maximum absolute atomic E-state index is 13.2. The first-order chi connectivity index (χ1) is 23.0. The van der Waals surface area contributed by atoms with Crippen LogP contribution < -0.4 is 10.6 Å². The molecule has 10 nitrogen and oxygen atoms in total. The number of aliphatic hydroxyl groups is 1. The molecule has 0 radical (unpaired) electrons. The lowest BCUT2D eigenvalue weighted by atomic mass is 9.53. The number of amides is 2. The number of hydrogen-bond acceptors (Lipinski definition) is 8. The number of nitrogens with zero attached hydrogens (tertiary/aromatic N) is 4. The lowest BCUT2D eigenvalue weighted by molar-refractivity contribution is -0.245. The normalized spacial score (nSPS) is 29.5. The minimum absolute atomic E-state index is 0.00607. The van der Waals surface area contributed by atoms with Crippen LogP contribution in [0.25, 0.3) is 5.69 Å². The summed E-state index contributed by atoms with van der Waals surface area (Å²) in [6.45, 7) is -0.00607. The number of nitrogens with one attached hydrogen (secondary N) is 2. The Kier molecular flexibility index (Phi) is 8.47. The van der Waals surface area contributed by atoms with Gasteiger partial charge in [-0.1, -0.05) is 66.4 Å². The first-order valence-corrected chi connectivity index (χ1v) is 17.7. The van der Waals surface area contributed by atoms with Gasteiger partial charge in [-0.3, -0.25) is 0 Å². The number of urea groups is 1. The Morgan fingerprint density at radius 1 is 0.872 bits per heavy atom. The number of aliphatic hydroxyl groups excluding tert-OH is 1. The van der Waals surface area contributed by atoms with E-state index >= 15 is 0 Å². The second kappa shape index (κ2) is 13.0. The molecule has 2 amide bonds. The Bertz CT molecular complexity index is 1650. The lowest BCUT2D eigenvalue weighted by Gasteiger charge is -2.56. The highest BCUT2D eigenvalue weighted by Crippen LogP contribution is 2.55. The monoisotopic (exact) mass is 652 g/mol. The molecule has 0 unspecified atom stereocenters. The summed E-state index contributed by atoms with van der Waals surface area (Å²) in [6.07, 6.45) is 7.08. The molecule has 47 heavy (non-hydrogen) atoms. The Morgan fingerprint density at radius 2 is 1.55 bits per heavy atom. The molecule has 0 spiro atoms. The second-order valence-corrected chi connectivity index (χ2v) is 14.8. The zero-order chi connectivity index (χ0) is 31.8. The lowest BCUT2D eigenvalue weighted by Crippen LogP contribution is -2.60. The summed E-state index contributed by atoms with van der Waals surface area (Å²) >= 11 is 1.55. The fourth-order valence-electron chi connectivity index (χ4n) is 8.58. The molecule has 3 N–H and O–H groups in total. The molecule has 5 aliphatic rings. The summed E-state index contributed by atoms with van der Waals surface area (Å²) in [5.74, 6) is 2.94. The van der Waals surface area contributed by atoms with Gasteiger partial charge in [0.25, 0.3) is 0 Å². The third-order valence-electron chi connectivity index (χ3n) is 10.3. The first-order valence-electron chi connectivity index (χ1n) is 16.7. The summed E-state index contributed by atoms with van der Waals surface area (Å²) in [5, 5.41) is 29.1. The van der Waals surface area contributed by atoms with Crippen LogP contribution in [-0.2, 0) is 16.1 Å². The molecule has 2 heterocycles. The molecule has 1 aromatic heterocycles. The predicted octanol–water partition coefficient (Wildman–Crippen LogP) is 6.58. The van der Waals surface area contributed by atoms with Crippen LogP contribution in [0.2, 0.25) is 0 Å². The van der Waals surface area contributed by atoms with E-state index in [0.29, 0.717) is 17.3 Å². The molecule has 3 aromatic carbocycles. The van der Waals surface area contributed by atoms with Gasteiger partial charge >= 0.3 is 6.03 Å². The summed E-state index contributed by atoms with van der Waals surface area (Å²) in [6, 6.07) is 25.3. The largest absolute Gasteiger partial charge is 0.392 e. The number of hydrogen-bond donors (Lipinski definition) is 3. The number of thioether (sulfide) groups is 1. The predicted molar refractivity (Wildman–Crippen MR) is 178 cm³/mol. The van der Waals surface area contributed by atoms with Crippen molar-refractivity contribution in [3.8, 4) is 5.69 Å². The van der Waals surface area contributed by atoms with E-state index in [4.69, 9.17) is 9.47 Å². The minimum Gasteiger partial charge on any atom is -0.392 e. The summed E-state index contributed by atoms with van der Waals surface area (Å²) < 4.78 is 14.8. The average Bonchev–Trinajstić information content (AvgIpc) is 3.56. The molecule has 244 valence electrons. The van der Waals surface area contributed by atoms with Crippen molar-refractivity contribution in [3.05, 3.63) is 95.6 Å². The van der Waals surface area contributed by atoms with Crippen LogP contribution >= 0.6 is 11.8 Å². The number of para-hydroxylation sites is 1. The van der Waals surface area contributed by atoms with E-state index in [1.165, 1.54) is 19.3 Å². The first kappa shape index (κ1) is 30.6. The van der Waals surface area contributed by atoms with Crippen molar-refractivity contribution in [2.75, 3.05) is 11.1 Å². The molecule has 5 fully saturated rings. The highest BCUT2D eigenvalue weighted by molar-refractivity contribution is 7.99. The number of ether oxygens (including phenoxy) is 2. The number of carbonyl (C=O) groups excluding carboxylic acids is 1. The van der Waals surface area contributed by atoms with Crippen LogP contribution in [0.1, 0.15) is 74.0 Å². The summed E-state index contributed by atoms with van der Waals surface area (Å²) in [4.78, 5) is 13.2. The van der Waals surface area contributed by atoms with E-state index < -0.39 is 6.29 Å². The van der Waals surface area contributed by atoms with Gasteiger partial charge in [0.1, 0.15) is 0 Å². The van der Waals surface area contributed by atoms with Crippen molar-refractivity contribution in [1.29, 1.82) is 0 Å². The smallest absolute Gasteiger partial charge is 0.319 e. The number of anilines is 1. The van der Waals surface area contributed by atoms with Gasteiger partial charge in [0.05, 0.1) is 24.5 Å². The Hall–Kier alpha value is -3.77. The highest BCUT2D eigenvalue weighted by atomic mass is 32.2. The minimum atomic E-state index is -0.600. The Balaban J connectivity index is 0.951. The van der Waals surface area contributed by atoms with E-state index in [1.54, 1.807) is 16.4 Å². The molecule has 1 aliphatic heterocycles. The molecule has 4 saturated carbocycles. The third-order valence-corrected chi connectivity index (χ3v) is 11.4. The third kappa shape index (κ3) is 6.67. The Labute approximate surface area is 278 Å². The van der Waals surface area contributed by atoms with E-state index in [1.807, 2.05) is 78.9 Å². The van der Waals surface area contributed by atoms with Gasteiger partial charge in [-0.25, -0.2) is 4.79 Å². The van der Waals surface area contributed by atoms with Gasteiger partial charge in [-0.2, -0.15) is 4.68 Å². The Morgan fingerprint density at radius 3 is 2.23 bits per heavy atom. The zero-order valence-electron chi connectivity index (χ0n) is 26.2. The van der Waals surface area contributed by atoms with Crippen LogP contribution in [0.5, 0.6) is 0 Å². The summed E-state index contributed by atoms with van der Waals surface area (Å²) in [5.41, 5.74) is 4.35. The van der Waals surface area contributed by atoms with Crippen molar-refractivity contribution < 1.29 is 19.4 Å². The second-order valence-electron chi connectivity index (χ2n) is 13.8. The molecular formula is C36H40N6O4S. The van der Waals surface area contributed by atoms with E-state index in [-0.39, 0.29) is 30.4 Å². The molecule has 3 atom stereocenters. The van der Waals surface area contributed by atoms with Crippen molar-refractivity contribution in [2.24, 2.45) is 17.8 Å². The fraction of sp³-hybridized carbons (Fsp3) is 0.444. The van der Waals surface area contributed by atoms with Gasteiger partial charge in [-0.05, 0) is 102 Å². The van der Waals surface area contributed by atoms with Crippen LogP contribution in [0.4, 0.5) is 10.5 Å². The van der Waals surface area contributed by atoms with Crippen molar-refractivity contribution in [1.82, 2.24) is 25.5 Å². The number of tetrazole rings is 1. The summed E-state index contributed by atoms with van der Waals surface area (Å²) in [7, 11) is 0. The molecule has 4 bridgehead atoms. The van der Waals surface area contributed by atoms with Crippen LogP contribution in [0, 0.1) is 17.8 Å². The standard InChI is InChI=1S/C36H40N6O4S/c43-21-23-6-8-27(9-7-23)32-17-31(22-47-35-39-40-41-42(35)30-4-2-1-3-5-30)45-33(46-32)28-10-12-29(13-11-28)37-34(44)38-36-18-24-14-25(19-36)16-26(15-24)20-36/h1-13,24-26,31-33,43H,14-22H2,(H2,37,38,44)/t24?,25?,26?,31-,32+,33+,36?/m1/s1. The quantitative estimate of drug-likeness (QED) is 0.173. The number of rotatable bonds is 9. The van der Waals surface area contributed by atoms with Gasteiger partial charge in [0.15, 0.2) is 6.29 Å². The molecule has 4 aromatic rings. The molecule has 11 heteroatoms. The molecule has 9 rings (SSSR count). The van der Waals surface area contributed by atoms with Crippen LogP contribution in [-0.4, -0.2) is 48.7 Å². The number of benzene rings is 3. The topological polar surface area (TPSA) is 123 Å². The van der Waals surface area contributed by atoms with Gasteiger partial charge in [-0.15, -0.1) is 5.10 Å². The van der Waals surface area contributed by atoms with Gasteiger partial charge in [0.2, 0.25) is 5.16 Å². The average molecular weight is 653 g/mol. The van der Waals surface area contributed by atoms with E-state index in [0.717, 1.165) is 65.1 Å². The SMILES string of the molecule is O=C(Nc1ccc([C@H]2O[C@@H](CSc3nnnn3-c3ccccc3)C[C@@H](c3ccc(CO)cc3)O2)cc1)NC12CC3CC(CC(C3)C1)C2. The fourth-order valence-corrected chi connectivity index (χ4v) is 9.49. The van der Waals surface area contributed by atoms with Gasteiger partial charge < -0.3 is 25.2 Å². The highest BCUT2D eigenvalue weighted by Gasteiger charge is 2.51. The van der Waals surface area contributed by atoms with Crippen LogP contribution in [0.3, 0.4) is 0 Å². The maximum atomic E-state index is 13.2. The molecule has 4 aliphatic carbocycles. The van der Waals surface area contributed by atoms with Gasteiger partial charge in [0, 0.05) is 29.0 Å².